The molecule has 0 radical (unpaired) electrons. The number of aryl methyl sites for hydroxylation is 1. The average molecular weight is 242 g/mol. The van der Waals surface area contributed by atoms with Crippen LogP contribution in [0.5, 0.6) is 0 Å². The standard InChI is InChI=1S/C15H20N3/c1-13-16-18(15-10-6-3-7-11-15)12-17(13)14-8-4-2-5-9-14/h3,6-7,10-12,14H,2,4-5,8-9H2,1H3/q+1. The molecule has 3 nitrogen and oxygen atoms in total. The first-order valence-electron chi connectivity index (χ1n) is 6.87. The highest BCUT2D eigenvalue weighted by molar-refractivity contribution is 5.28. The Morgan fingerprint density at radius 1 is 1.11 bits per heavy atom. The Morgan fingerprint density at radius 2 is 1.83 bits per heavy atom. The zero-order chi connectivity index (χ0) is 12.4. The molecular formula is C15H20N3+. The molecule has 0 saturated heterocycles. The molecule has 0 atom stereocenters. The molecule has 1 aliphatic carbocycles. The fourth-order valence-electron chi connectivity index (χ4n) is 2.86. The first kappa shape index (κ1) is 11.5. The minimum Gasteiger partial charge on any atom is -0.232 e. The summed E-state index contributed by atoms with van der Waals surface area (Å²) in [5.41, 5.74) is 1.13. The third kappa shape index (κ3) is 2.17. The molecule has 2 aromatic rings. The van der Waals surface area contributed by atoms with Crippen molar-refractivity contribution in [2.24, 2.45) is 0 Å². The predicted octanol–water partition coefficient (Wildman–Crippen LogP) is 2.97. The molecule has 1 heterocycles. The van der Waals surface area contributed by atoms with Gasteiger partial charge in [-0.1, -0.05) is 29.3 Å². The summed E-state index contributed by atoms with van der Waals surface area (Å²) in [5.74, 6) is 1.12. The van der Waals surface area contributed by atoms with Gasteiger partial charge >= 0.3 is 0 Å². The lowest BCUT2D eigenvalue weighted by atomic mass is 9.95. The Balaban J connectivity index is 1.91. The van der Waals surface area contributed by atoms with Gasteiger partial charge in [-0.05, 0) is 37.8 Å². The molecule has 94 valence electrons. The molecule has 1 fully saturated rings. The van der Waals surface area contributed by atoms with Crippen molar-refractivity contribution in [3.05, 3.63) is 42.5 Å². The number of para-hydroxylation sites is 1. The number of benzene rings is 1. The zero-order valence-electron chi connectivity index (χ0n) is 10.9. The Hall–Kier alpha value is -1.64. The molecule has 0 N–H and O–H groups in total. The lowest BCUT2D eigenvalue weighted by Gasteiger charge is -2.19. The van der Waals surface area contributed by atoms with Crippen LogP contribution in [0.1, 0.15) is 44.0 Å². The maximum absolute atomic E-state index is 4.64. The maximum atomic E-state index is 4.64. The van der Waals surface area contributed by atoms with Gasteiger partial charge in [-0.25, -0.2) is 4.57 Å². The summed E-state index contributed by atoms with van der Waals surface area (Å²) in [6, 6.07) is 11.0. The molecule has 0 spiro atoms. The quantitative estimate of drug-likeness (QED) is 0.742. The summed E-state index contributed by atoms with van der Waals surface area (Å²) in [5, 5.41) is 4.64. The van der Waals surface area contributed by atoms with Gasteiger partial charge in [0.05, 0.1) is 6.04 Å². The summed E-state index contributed by atoms with van der Waals surface area (Å²) < 4.78 is 4.34. The monoisotopic (exact) mass is 242 g/mol. The first-order chi connectivity index (χ1) is 8.84. The van der Waals surface area contributed by atoms with Crippen LogP contribution in [0.2, 0.25) is 0 Å². The number of rotatable bonds is 2. The molecule has 0 bridgehead atoms. The molecule has 1 aromatic carbocycles. The van der Waals surface area contributed by atoms with Crippen LogP contribution in [0.15, 0.2) is 36.7 Å². The van der Waals surface area contributed by atoms with Gasteiger partial charge in [-0.2, -0.15) is 0 Å². The summed E-state index contributed by atoms with van der Waals surface area (Å²) in [6.45, 7) is 2.11. The molecule has 0 unspecified atom stereocenters. The number of nitrogens with zero attached hydrogens (tertiary/aromatic N) is 3. The fraction of sp³-hybridized carbons (Fsp3) is 0.467. The predicted molar refractivity (Wildman–Crippen MR) is 70.6 cm³/mol. The van der Waals surface area contributed by atoms with Gasteiger partial charge in [0.25, 0.3) is 5.82 Å². The highest BCUT2D eigenvalue weighted by Crippen LogP contribution is 2.24. The van der Waals surface area contributed by atoms with Crippen LogP contribution in [-0.4, -0.2) is 9.78 Å². The molecule has 3 rings (SSSR count). The molecular weight excluding hydrogens is 222 g/mol. The van der Waals surface area contributed by atoms with E-state index in [-0.39, 0.29) is 0 Å². The Labute approximate surface area is 108 Å². The molecule has 18 heavy (non-hydrogen) atoms. The van der Waals surface area contributed by atoms with Crippen molar-refractivity contribution >= 4 is 0 Å². The van der Waals surface area contributed by atoms with E-state index in [9.17, 15) is 0 Å². The SMILES string of the molecule is Cc1nn(-c2ccccc2)c[n+]1C1CCCCC1. The van der Waals surface area contributed by atoms with Crippen molar-refractivity contribution in [2.75, 3.05) is 0 Å². The normalized spacial score (nSPS) is 16.9. The van der Waals surface area contributed by atoms with Gasteiger partial charge in [0.2, 0.25) is 6.33 Å². The van der Waals surface area contributed by atoms with Gasteiger partial charge in [0.1, 0.15) is 5.69 Å². The smallest absolute Gasteiger partial charge is 0.232 e. The summed E-state index contributed by atoms with van der Waals surface area (Å²) in [6.07, 6.45) is 8.85. The van der Waals surface area contributed by atoms with Crippen LogP contribution in [0.4, 0.5) is 0 Å². The second kappa shape index (κ2) is 4.92. The van der Waals surface area contributed by atoms with Gasteiger partial charge in [0, 0.05) is 12.0 Å². The van der Waals surface area contributed by atoms with Crippen molar-refractivity contribution in [3.8, 4) is 5.69 Å². The largest absolute Gasteiger partial charge is 0.275 e. The maximum Gasteiger partial charge on any atom is 0.275 e. The highest BCUT2D eigenvalue weighted by Gasteiger charge is 2.23. The van der Waals surface area contributed by atoms with E-state index in [1.165, 1.54) is 32.1 Å². The number of hydrogen-bond donors (Lipinski definition) is 0. The lowest BCUT2D eigenvalue weighted by molar-refractivity contribution is -0.731. The first-order valence-corrected chi connectivity index (χ1v) is 6.87. The zero-order valence-corrected chi connectivity index (χ0v) is 10.9. The van der Waals surface area contributed by atoms with Gasteiger partial charge in [0.15, 0.2) is 0 Å². The van der Waals surface area contributed by atoms with E-state index in [2.05, 4.69) is 47.2 Å². The molecule has 0 aliphatic heterocycles. The van der Waals surface area contributed by atoms with Crippen LogP contribution in [0, 0.1) is 6.92 Å². The number of aromatic nitrogens is 3. The van der Waals surface area contributed by atoms with Gasteiger partial charge in [-0.15, -0.1) is 0 Å². The Morgan fingerprint density at radius 3 is 2.56 bits per heavy atom. The van der Waals surface area contributed by atoms with Crippen LogP contribution >= 0.6 is 0 Å². The average Bonchev–Trinajstić information content (AvgIpc) is 2.83. The topological polar surface area (TPSA) is 21.7 Å². The summed E-state index contributed by atoms with van der Waals surface area (Å²) in [4.78, 5) is 0. The molecule has 1 aliphatic rings. The van der Waals surface area contributed by atoms with E-state index in [4.69, 9.17) is 0 Å². The second-order valence-corrected chi connectivity index (χ2v) is 5.14. The van der Waals surface area contributed by atoms with Crippen molar-refractivity contribution in [3.63, 3.8) is 0 Å². The second-order valence-electron chi connectivity index (χ2n) is 5.14. The van der Waals surface area contributed by atoms with Crippen molar-refractivity contribution in [2.45, 2.75) is 45.1 Å². The lowest BCUT2D eigenvalue weighted by Crippen LogP contribution is -2.41. The summed E-state index contributed by atoms with van der Waals surface area (Å²) >= 11 is 0. The minimum atomic E-state index is 0.649. The van der Waals surface area contributed by atoms with Crippen molar-refractivity contribution in [1.29, 1.82) is 0 Å². The van der Waals surface area contributed by atoms with E-state index in [1.807, 2.05) is 10.7 Å². The van der Waals surface area contributed by atoms with E-state index in [1.54, 1.807) is 0 Å². The van der Waals surface area contributed by atoms with Gasteiger partial charge in [-0.3, -0.25) is 0 Å². The molecule has 1 aromatic heterocycles. The van der Waals surface area contributed by atoms with E-state index in [0.29, 0.717) is 6.04 Å². The fourth-order valence-corrected chi connectivity index (χ4v) is 2.86. The third-order valence-electron chi connectivity index (χ3n) is 3.85. The number of hydrogen-bond acceptors (Lipinski definition) is 1. The van der Waals surface area contributed by atoms with E-state index in [0.717, 1.165) is 11.5 Å². The van der Waals surface area contributed by atoms with Crippen molar-refractivity contribution in [1.82, 2.24) is 9.78 Å². The van der Waals surface area contributed by atoms with Crippen molar-refractivity contribution < 1.29 is 4.57 Å². The molecule has 0 amide bonds. The Kier molecular flexibility index (Phi) is 3.13. The minimum absolute atomic E-state index is 0.649. The highest BCUT2D eigenvalue weighted by atomic mass is 15.4. The van der Waals surface area contributed by atoms with E-state index < -0.39 is 0 Å². The molecule has 1 saturated carbocycles. The van der Waals surface area contributed by atoms with Crippen LogP contribution in [-0.2, 0) is 0 Å². The van der Waals surface area contributed by atoms with E-state index >= 15 is 0 Å². The molecule has 3 heteroatoms. The summed E-state index contributed by atoms with van der Waals surface area (Å²) in [7, 11) is 0. The van der Waals surface area contributed by atoms with Crippen LogP contribution < -0.4 is 4.57 Å². The van der Waals surface area contributed by atoms with Gasteiger partial charge < -0.3 is 0 Å². The third-order valence-corrected chi connectivity index (χ3v) is 3.85. The van der Waals surface area contributed by atoms with Crippen LogP contribution in [0.25, 0.3) is 5.69 Å². The Bertz CT molecular complexity index is 510. The van der Waals surface area contributed by atoms with Crippen LogP contribution in [0.3, 0.4) is 0 Å².